The van der Waals surface area contributed by atoms with Crippen molar-refractivity contribution in [1.82, 2.24) is 14.6 Å². The summed E-state index contributed by atoms with van der Waals surface area (Å²) in [5, 5.41) is 8.18. The van der Waals surface area contributed by atoms with Crippen LogP contribution in [0.25, 0.3) is 5.52 Å². The summed E-state index contributed by atoms with van der Waals surface area (Å²) in [6.07, 6.45) is 4.59. The quantitative estimate of drug-likeness (QED) is 0.846. The van der Waals surface area contributed by atoms with Gasteiger partial charge in [-0.15, -0.1) is 11.6 Å². The molecule has 2 aromatic heterocycles. The Balaban J connectivity index is 2.37. The number of nitrogens with zero attached hydrogens (tertiary/aromatic N) is 3. The number of nitrogens with one attached hydrogen (secondary N) is 1. The maximum absolute atomic E-state index is 5.91. The number of hydrogen-bond acceptors (Lipinski definition) is 3. The lowest BCUT2D eigenvalue weighted by atomic mass is 9.92. The molecule has 0 radical (unpaired) electrons. The molecule has 0 saturated heterocycles. The summed E-state index contributed by atoms with van der Waals surface area (Å²) in [5.41, 5.74) is 2.11. The second-order valence-electron chi connectivity index (χ2n) is 6.86. The van der Waals surface area contributed by atoms with Crippen molar-refractivity contribution in [3.05, 3.63) is 24.2 Å². The second-order valence-corrected chi connectivity index (χ2v) is 7.24. The third kappa shape index (κ3) is 3.67. The lowest BCUT2D eigenvalue weighted by molar-refractivity contribution is 0.512. The van der Waals surface area contributed by atoms with Gasteiger partial charge in [0.15, 0.2) is 5.82 Å². The standard InChI is InChI=1S/C16H25ClN4/c1-11(2)12(6-7-17)19-15-13-10-14(16(3,4)5)20-21(13)9-8-18-15/h8-12H,6-7H2,1-5H3,(H,18,19). The van der Waals surface area contributed by atoms with Crippen LogP contribution in [0.15, 0.2) is 18.5 Å². The molecule has 4 nitrogen and oxygen atoms in total. The Morgan fingerprint density at radius 2 is 2.05 bits per heavy atom. The summed E-state index contributed by atoms with van der Waals surface area (Å²) in [4.78, 5) is 4.49. The van der Waals surface area contributed by atoms with Crippen LogP contribution >= 0.6 is 11.6 Å². The van der Waals surface area contributed by atoms with Gasteiger partial charge in [0.1, 0.15) is 5.52 Å². The molecule has 0 aliphatic rings. The summed E-state index contributed by atoms with van der Waals surface area (Å²) < 4.78 is 1.90. The van der Waals surface area contributed by atoms with Gasteiger partial charge in [-0.3, -0.25) is 0 Å². The largest absolute Gasteiger partial charge is 0.365 e. The zero-order chi connectivity index (χ0) is 15.6. The van der Waals surface area contributed by atoms with Gasteiger partial charge >= 0.3 is 0 Å². The maximum Gasteiger partial charge on any atom is 0.152 e. The van der Waals surface area contributed by atoms with E-state index in [1.807, 2.05) is 10.7 Å². The predicted octanol–water partition coefficient (Wildman–Crippen LogP) is 4.09. The highest BCUT2D eigenvalue weighted by Crippen LogP contribution is 2.25. The van der Waals surface area contributed by atoms with Crippen molar-refractivity contribution in [2.75, 3.05) is 11.2 Å². The number of hydrogen-bond donors (Lipinski definition) is 1. The molecular formula is C16H25ClN4. The van der Waals surface area contributed by atoms with Crippen LogP contribution in [0.1, 0.15) is 46.7 Å². The molecule has 0 aliphatic carbocycles. The zero-order valence-corrected chi connectivity index (χ0v) is 14.3. The van der Waals surface area contributed by atoms with E-state index in [9.17, 15) is 0 Å². The van der Waals surface area contributed by atoms with E-state index >= 15 is 0 Å². The minimum Gasteiger partial charge on any atom is -0.365 e. The molecule has 0 saturated carbocycles. The van der Waals surface area contributed by atoms with E-state index in [2.05, 4.69) is 56.1 Å². The van der Waals surface area contributed by atoms with E-state index < -0.39 is 0 Å². The van der Waals surface area contributed by atoms with Crippen molar-refractivity contribution < 1.29 is 0 Å². The van der Waals surface area contributed by atoms with Crippen molar-refractivity contribution >= 4 is 22.9 Å². The Hall–Kier alpha value is -1.29. The van der Waals surface area contributed by atoms with Crippen LogP contribution in [-0.4, -0.2) is 26.5 Å². The first-order valence-electron chi connectivity index (χ1n) is 7.50. The lowest BCUT2D eigenvalue weighted by Crippen LogP contribution is -2.26. The van der Waals surface area contributed by atoms with Crippen LogP contribution in [0.2, 0.25) is 0 Å². The Kier molecular flexibility index (Phi) is 4.77. The zero-order valence-electron chi connectivity index (χ0n) is 13.5. The molecule has 21 heavy (non-hydrogen) atoms. The minimum absolute atomic E-state index is 0.0247. The van der Waals surface area contributed by atoms with Gasteiger partial charge in [0.05, 0.1) is 5.69 Å². The molecule has 0 spiro atoms. The average molecular weight is 309 g/mol. The molecule has 116 valence electrons. The van der Waals surface area contributed by atoms with Crippen LogP contribution in [0, 0.1) is 5.92 Å². The lowest BCUT2D eigenvalue weighted by Gasteiger charge is -2.22. The number of aromatic nitrogens is 3. The smallest absolute Gasteiger partial charge is 0.152 e. The van der Waals surface area contributed by atoms with Crippen LogP contribution in [0.5, 0.6) is 0 Å². The van der Waals surface area contributed by atoms with E-state index in [0.29, 0.717) is 17.8 Å². The van der Waals surface area contributed by atoms with Gasteiger partial charge in [-0.25, -0.2) is 9.50 Å². The van der Waals surface area contributed by atoms with E-state index in [4.69, 9.17) is 11.6 Å². The highest BCUT2D eigenvalue weighted by molar-refractivity contribution is 6.17. The minimum atomic E-state index is 0.0247. The molecule has 1 N–H and O–H groups in total. The van der Waals surface area contributed by atoms with Gasteiger partial charge in [0.2, 0.25) is 0 Å². The van der Waals surface area contributed by atoms with Gasteiger partial charge < -0.3 is 5.32 Å². The first-order chi connectivity index (χ1) is 9.82. The number of alkyl halides is 1. The van der Waals surface area contributed by atoms with Crippen molar-refractivity contribution in [1.29, 1.82) is 0 Å². The van der Waals surface area contributed by atoms with E-state index in [1.54, 1.807) is 6.20 Å². The highest BCUT2D eigenvalue weighted by atomic mass is 35.5. The van der Waals surface area contributed by atoms with Crippen molar-refractivity contribution in [2.24, 2.45) is 5.92 Å². The van der Waals surface area contributed by atoms with Crippen molar-refractivity contribution in [2.45, 2.75) is 52.5 Å². The van der Waals surface area contributed by atoms with E-state index in [1.165, 1.54) is 0 Å². The maximum atomic E-state index is 5.91. The third-order valence-electron chi connectivity index (χ3n) is 3.71. The SMILES string of the molecule is CC(C)C(CCCl)Nc1nccn2nc(C(C)(C)C)cc12. The van der Waals surface area contributed by atoms with Crippen LogP contribution in [-0.2, 0) is 5.41 Å². The summed E-state index contributed by atoms with van der Waals surface area (Å²) in [6.45, 7) is 10.9. The summed E-state index contributed by atoms with van der Waals surface area (Å²) in [5.74, 6) is 2.02. The molecule has 0 bridgehead atoms. The number of fused-ring (bicyclic) bond motifs is 1. The van der Waals surface area contributed by atoms with Crippen LogP contribution in [0.3, 0.4) is 0 Å². The Labute approximate surface area is 131 Å². The molecule has 2 aromatic rings. The topological polar surface area (TPSA) is 42.2 Å². The molecule has 2 heterocycles. The molecule has 0 amide bonds. The van der Waals surface area contributed by atoms with Crippen LogP contribution in [0.4, 0.5) is 5.82 Å². The Morgan fingerprint density at radius 3 is 2.62 bits per heavy atom. The molecular weight excluding hydrogens is 284 g/mol. The second kappa shape index (κ2) is 6.22. The fourth-order valence-electron chi connectivity index (χ4n) is 2.27. The van der Waals surface area contributed by atoms with Gasteiger partial charge in [-0.2, -0.15) is 5.10 Å². The Bertz CT molecular complexity index is 598. The normalized spacial score (nSPS) is 13.9. The fraction of sp³-hybridized carbons (Fsp3) is 0.625. The van der Waals surface area contributed by atoms with E-state index in [-0.39, 0.29) is 5.41 Å². The van der Waals surface area contributed by atoms with Gasteiger partial charge in [0.25, 0.3) is 0 Å². The summed E-state index contributed by atoms with van der Waals surface area (Å²) in [6, 6.07) is 2.43. The molecule has 0 aromatic carbocycles. The number of halogens is 1. The molecule has 1 unspecified atom stereocenters. The first-order valence-corrected chi connectivity index (χ1v) is 8.03. The molecule has 0 aliphatic heterocycles. The Morgan fingerprint density at radius 1 is 1.33 bits per heavy atom. The van der Waals surface area contributed by atoms with Crippen molar-refractivity contribution in [3.63, 3.8) is 0 Å². The number of anilines is 1. The molecule has 5 heteroatoms. The van der Waals surface area contributed by atoms with E-state index in [0.717, 1.165) is 23.4 Å². The van der Waals surface area contributed by atoms with Crippen LogP contribution < -0.4 is 5.32 Å². The van der Waals surface area contributed by atoms with Gasteiger partial charge in [-0.05, 0) is 18.4 Å². The highest BCUT2D eigenvalue weighted by Gasteiger charge is 2.20. The molecule has 2 rings (SSSR count). The van der Waals surface area contributed by atoms with Gasteiger partial charge in [-0.1, -0.05) is 34.6 Å². The number of rotatable bonds is 5. The predicted molar refractivity (Wildman–Crippen MR) is 89.3 cm³/mol. The summed E-state index contributed by atoms with van der Waals surface area (Å²) >= 11 is 5.91. The fourth-order valence-corrected chi connectivity index (χ4v) is 2.50. The summed E-state index contributed by atoms with van der Waals surface area (Å²) in [7, 11) is 0. The average Bonchev–Trinajstić information content (AvgIpc) is 2.83. The first kappa shape index (κ1) is 16.1. The van der Waals surface area contributed by atoms with Gasteiger partial charge in [0, 0.05) is 29.7 Å². The van der Waals surface area contributed by atoms with Crippen molar-refractivity contribution in [3.8, 4) is 0 Å². The third-order valence-corrected chi connectivity index (χ3v) is 3.92. The monoisotopic (exact) mass is 308 g/mol. The molecule has 1 atom stereocenters. The molecule has 0 fully saturated rings.